The average molecular weight is 324 g/mol. The summed E-state index contributed by atoms with van der Waals surface area (Å²) in [5.74, 6) is -0.432. The van der Waals surface area contributed by atoms with E-state index in [1.54, 1.807) is 0 Å². The Labute approximate surface area is 142 Å². The number of rotatable bonds is 3. The minimum Gasteiger partial charge on any atom is -0.483 e. The first kappa shape index (κ1) is 16.7. The Balaban J connectivity index is 0.00000225. The van der Waals surface area contributed by atoms with E-state index >= 15 is 0 Å². The molecule has 0 aromatic carbocycles. The zero-order chi connectivity index (χ0) is 11.6. The third-order valence-corrected chi connectivity index (χ3v) is 2.24. The fraction of sp³-hybridized carbons (Fsp3) is 0.286. The molecule has 0 bridgehead atoms. The number of pyridine rings is 1. The number of halogens is 4. The predicted octanol–water partition coefficient (Wildman–Crippen LogP) is -1.08. The van der Waals surface area contributed by atoms with E-state index < -0.39 is 18.3 Å². The van der Waals surface area contributed by atoms with Crippen molar-refractivity contribution in [2.75, 3.05) is 14.2 Å². The molecule has 1 rings (SSSR count). The van der Waals surface area contributed by atoms with Crippen LogP contribution in [0.4, 0.5) is 12.9 Å². The summed E-state index contributed by atoms with van der Waals surface area (Å²) < 4.78 is 47.0. The van der Waals surface area contributed by atoms with Gasteiger partial charge in [0.05, 0.1) is 18.7 Å². The van der Waals surface area contributed by atoms with Crippen molar-refractivity contribution in [3.63, 3.8) is 0 Å². The average Bonchev–Trinajstić information content (AvgIpc) is 2.16. The third-order valence-electron chi connectivity index (χ3n) is 1.68. The van der Waals surface area contributed by atoms with Gasteiger partial charge >= 0.3 is 58.4 Å². The first-order valence-corrected chi connectivity index (χ1v) is 4.67. The van der Waals surface area contributed by atoms with Crippen LogP contribution in [0.5, 0.6) is 11.8 Å². The molecule has 0 amide bonds. The van der Waals surface area contributed by atoms with Crippen LogP contribution < -0.4 is 66.3 Å². The summed E-state index contributed by atoms with van der Waals surface area (Å²) in [6, 6.07) is 0.894. The number of hydrogen-bond donors (Lipinski definition) is 0. The Morgan fingerprint density at radius 1 is 1.19 bits per heavy atom. The van der Waals surface area contributed by atoms with E-state index in [2.05, 4.69) is 25.7 Å². The molecule has 0 unspecified atom stereocenters. The van der Waals surface area contributed by atoms with Gasteiger partial charge in [-0.1, -0.05) is 6.07 Å². The van der Waals surface area contributed by atoms with Crippen LogP contribution in [-0.4, -0.2) is 26.2 Å². The van der Waals surface area contributed by atoms with Crippen LogP contribution in [0.15, 0.2) is 10.5 Å². The Morgan fingerprint density at radius 3 is 2.06 bits per heavy atom. The molecule has 0 spiro atoms. The third kappa shape index (κ3) is 3.88. The molecule has 0 aliphatic carbocycles. The summed E-state index contributed by atoms with van der Waals surface area (Å²) in [4.78, 5) is 3.58. The van der Waals surface area contributed by atoms with Crippen LogP contribution in [0, 0.1) is 0 Å². The van der Waals surface area contributed by atoms with Crippen molar-refractivity contribution in [1.82, 2.24) is 4.98 Å². The summed E-state index contributed by atoms with van der Waals surface area (Å²) in [7, 11) is 2.44. The normalized spacial score (nSPS) is 10.6. The minimum atomic E-state index is -5.15. The van der Waals surface area contributed by atoms with Crippen LogP contribution in [0.25, 0.3) is 0 Å². The first-order chi connectivity index (χ1) is 6.90. The van der Waals surface area contributed by atoms with Gasteiger partial charge in [-0.25, -0.2) is 0 Å². The zero-order valence-electron chi connectivity index (χ0n) is 8.93. The summed E-state index contributed by atoms with van der Waals surface area (Å²) in [5.41, 5.74) is -0.884. The molecule has 0 atom stereocenters. The van der Waals surface area contributed by atoms with Gasteiger partial charge in [-0.15, -0.1) is 0 Å². The first-order valence-electron chi connectivity index (χ1n) is 3.88. The SMILES string of the molecule is COc1nc(OC)c([B-](F)(F)F)cc1Br.[K+]. The van der Waals surface area contributed by atoms with E-state index in [0.717, 1.165) is 13.2 Å². The molecular formula is C7H7BBrF3KNO2. The molecule has 0 radical (unpaired) electrons. The van der Waals surface area contributed by atoms with Crippen molar-refractivity contribution in [1.29, 1.82) is 0 Å². The predicted molar refractivity (Wildman–Crippen MR) is 53.8 cm³/mol. The van der Waals surface area contributed by atoms with E-state index in [1.807, 2.05) is 0 Å². The second-order valence-corrected chi connectivity index (χ2v) is 3.51. The molecule has 0 saturated heterocycles. The maximum Gasteiger partial charge on any atom is 1.00 e. The van der Waals surface area contributed by atoms with Crippen molar-refractivity contribution in [2.45, 2.75) is 0 Å². The van der Waals surface area contributed by atoms with Gasteiger partial charge in [0, 0.05) is 0 Å². The van der Waals surface area contributed by atoms with Gasteiger partial charge in [-0.05, 0) is 21.4 Å². The van der Waals surface area contributed by atoms with Gasteiger partial charge in [0.25, 0.3) is 0 Å². The Bertz CT molecular complexity index is 377. The fourth-order valence-corrected chi connectivity index (χ4v) is 1.51. The molecule has 0 saturated carbocycles. The van der Waals surface area contributed by atoms with E-state index in [-0.39, 0.29) is 61.7 Å². The quantitative estimate of drug-likeness (QED) is 0.663. The number of aromatic nitrogens is 1. The Kier molecular flexibility index (Phi) is 6.90. The minimum absolute atomic E-state index is 0. The van der Waals surface area contributed by atoms with E-state index in [9.17, 15) is 12.9 Å². The Morgan fingerprint density at radius 2 is 1.69 bits per heavy atom. The summed E-state index contributed by atoms with van der Waals surface area (Å²) in [6.45, 7) is -5.15. The molecule has 3 nitrogen and oxygen atoms in total. The number of methoxy groups -OCH3 is 2. The van der Waals surface area contributed by atoms with E-state index in [1.165, 1.54) is 7.11 Å². The van der Waals surface area contributed by atoms with Gasteiger partial charge in [-0.2, -0.15) is 4.98 Å². The monoisotopic (exact) mass is 323 g/mol. The largest absolute Gasteiger partial charge is 1.00 e. The van der Waals surface area contributed by atoms with Crippen molar-refractivity contribution in [2.24, 2.45) is 0 Å². The molecule has 1 heterocycles. The summed E-state index contributed by atoms with van der Waals surface area (Å²) >= 11 is 2.93. The fourth-order valence-electron chi connectivity index (χ4n) is 1.01. The molecule has 1 aromatic heterocycles. The standard InChI is InChI=1S/C7H7BBrF3NO2.K/c1-14-6-4(8(10,11)12)3-5(9)7(13-6)15-2;/h3H,1-2H3;/q-1;+1. The molecule has 84 valence electrons. The van der Waals surface area contributed by atoms with Gasteiger partial charge in [-0.3, -0.25) is 0 Å². The van der Waals surface area contributed by atoms with Crippen molar-refractivity contribution in [3.8, 4) is 11.8 Å². The number of ether oxygens (including phenoxy) is 2. The molecule has 0 N–H and O–H groups in total. The van der Waals surface area contributed by atoms with Crippen molar-refractivity contribution >= 4 is 28.4 Å². The van der Waals surface area contributed by atoms with Crippen LogP contribution in [0.3, 0.4) is 0 Å². The Hall–Kier alpha value is 0.721. The van der Waals surface area contributed by atoms with Crippen LogP contribution >= 0.6 is 15.9 Å². The van der Waals surface area contributed by atoms with Gasteiger partial charge < -0.3 is 22.4 Å². The molecule has 0 aliphatic rings. The molecule has 9 heteroatoms. The number of nitrogens with zero attached hydrogens (tertiary/aromatic N) is 1. The van der Waals surface area contributed by atoms with Crippen LogP contribution in [-0.2, 0) is 0 Å². The summed E-state index contributed by atoms with van der Waals surface area (Å²) in [5, 5.41) is 0. The summed E-state index contributed by atoms with van der Waals surface area (Å²) in [6.07, 6.45) is 0. The maximum atomic E-state index is 12.5. The van der Waals surface area contributed by atoms with Gasteiger partial charge in [0.15, 0.2) is 5.88 Å². The smallest absolute Gasteiger partial charge is 0.483 e. The second kappa shape index (κ2) is 6.60. The topological polar surface area (TPSA) is 31.4 Å². The van der Waals surface area contributed by atoms with Gasteiger partial charge in [0.1, 0.15) is 0 Å². The van der Waals surface area contributed by atoms with Crippen LogP contribution in [0.2, 0.25) is 0 Å². The molecule has 1 aromatic rings. The molecule has 0 fully saturated rings. The molecule has 16 heavy (non-hydrogen) atoms. The van der Waals surface area contributed by atoms with Crippen molar-refractivity contribution in [3.05, 3.63) is 10.5 Å². The van der Waals surface area contributed by atoms with E-state index in [4.69, 9.17) is 4.74 Å². The molecule has 0 aliphatic heterocycles. The second-order valence-electron chi connectivity index (χ2n) is 2.65. The van der Waals surface area contributed by atoms with Crippen LogP contribution in [0.1, 0.15) is 0 Å². The number of hydrogen-bond acceptors (Lipinski definition) is 3. The zero-order valence-corrected chi connectivity index (χ0v) is 13.6. The van der Waals surface area contributed by atoms with E-state index in [0.29, 0.717) is 0 Å². The van der Waals surface area contributed by atoms with Crippen molar-refractivity contribution < 1.29 is 73.8 Å². The molecular weight excluding hydrogens is 317 g/mol. The maximum absolute atomic E-state index is 12.5. The van der Waals surface area contributed by atoms with Gasteiger partial charge in [0.2, 0.25) is 5.88 Å².